The SMILES string of the molecule is CC(C)(C)[S@+]([O-])N1CCCC1c1cc(F)ccc1OCc1ccccc1. The molecular weight excluding hydrogens is 349 g/mol. The van der Waals surface area contributed by atoms with Gasteiger partial charge in [0.1, 0.15) is 22.9 Å². The van der Waals surface area contributed by atoms with E-state index in [0.29, 0.717) is 12.4 Å². The van der Waals surface area contributed by atoms with Crippen molar-refractivity contribution in [3.8, 4) is 5.75 Å². The van der Waals surface area contributed by atoms with E-state index in [4.69, 9.17) is 4.74 Å². The van der Waals surface area contributed by atoms with Gasteiger partial charge >= 0.3 is 0 Å². The van der Waals surface area contributed by atoms with Crippen LogP contribution in [0.25, 0.3) is 0 Å². The molecule has 2 atom stereocenters. The van der Waals surface area contributed by atoms with Crippen LogP contribution in [0.4, 0.5) is 4.39 Å². The van der Waals surface area contributed by atoms with Crippen LogP contribution in [0.5, 0.6) is 5.75 Å². The van der Waals surface area contributed by atoms with Crippen LogP contribution in [0.2, 0.25) is 0 Å². The first kappa shape index (κ1) is 19.2. The molecule has 2 aromatic carbocycles. The molecule has 0 aliphatic carbocycles. The normalized spacial score (nSPS) is 19.5. The van der Waals surface area contributed by atoms with Gasteiger partial charge in [0.25, 0.3) is 0 Å². The van der Waals surface area contributed by atoms with Crippen molar-refractivity contribution >= 4 is 11.4 Å². The van der Waals surface area contributed by atoms with Gasteiger partial charge in [0.15, 0.2) is 0 Å². The number of hydrogen-bond acceptors (Lipinski definition) is 3. The monoisotopic (exact) mass is 375 g/mol. The molecule has 0 bridgehead atoms. The maximum absolute atomic E-state index is 14.0. The molecule has 0 spiro atoms. The van der Waals surface area contributed by atoms with E-state index in [2.05, 4.69) is 0 Å². The quantitative estimate of drug-likeness (QED) is 0.690. The summed E-state index contributed by atoms with van der Waals surface area (Å²) in [5, 5.41) is 0. The Morgan fingerprint density at radius 3 is 2.62 bits per heavy atom. The molecular formula is C21H26FNO2S. The average molecular weight is 376 g/mol. The number of halogens is 1. The number of nitrogens with zero attached hydrogens (tertiary/aromatic N) is 1. The van der Waals surface area contributed by atoms with Crippen LogP contribution in [-0.2, 0) is 18.0 Å². The molecule has 0 radical (unpaired) electrons. The third kappa shape index (κ3) is 4.40. The van der Waals surface area contributed by atoms with E-state index in [9.17, 15) is 8.94 Å². The lowest BCUT2D eigenvalue weighted by atomic mass is 10.0. The Hall–Kier alpha value is -1.56. The topological polar surface area (TPSA) is 35.5 Å². The molecule has 1 aliphatic rings. The zero-order chi connectivity index (χ0) is 18.7. The van der Waals surface area contributed by atoms with Crippen molar-refractivity contribution in [3.05, 3.63) is 65.5 Å². The van der Waals surface area contributed by atoms with Gasteiger partial charge in [-0.3, -0.25) is 0 Å². The third-order valence-electron chi connectivity index (χ3n) is 4.51. The molecule has 0 amide bonds. The fourth-order valence-corrected chi connectivity index (χ4v) is 4.70. The van der Waals surface area contributed by atoms with Crippen LogP contribution in [0.3, 0.4) is 0 Å². The lowest BCUT2D eigenvalue weighted by molar-refractivity contribution is 0.291. The summed E-state index contributed by atoms with van der Waals surface area (Å²) < 4.78 is 34.6. The van der Waals surface area contributed by atoms with E-state index < -0.39 is 11.4 Å². The Balaban J connectivity index is 1.85. The molecule has 1 saturated heterocycles. The number of ether oxygens (including phenoxy) is 1. The second kappa shape index (κ2) is 7.99. The van der Waals surface area contributed by atoms with Crippen molar-refractivity contribution in [1.82, 2.24) is 4.31 Å². The van der Waals surface area contributed by atoms with Crippen LogP contribution < -0.4 is 4.74 Å². The molecule has 0 aromatic heterocycles. The summed E-state index contributed by atoms with van der Waals surface area (Å²) in [6.07, 6.45) is 1.80. The largest absolute Gasteiger partial charge is 0.597 e. The molecule has 3 rings (SSSR count). The minimum absolute atomic E-state index is 0.0865. The molecule has 2 aromatic rings. The molecule has 1 fully saturated rings. The molecule has 1 aliphatic heterocycles. The fraction of sp³-hybridized carbons (Fsp3) is 0.429. The van der Waals surface area contributed by atoms with E-state index in [1.54, 1.807) is 6.07 Å². The highest BCUT2D eigenvalue weighted by molar-refractivity contribution is 7.90. The Morgan fingerprint density at radius 2 is 1.92 bits per heavy atom. The van der Waals surface area contributed by atoms with Crippen molar-refractivity contribution in [3.63, 3.8) is 0 Å². The average Bonchev–Trinajstić information content (AvgIpc) is 3.09. The first-order valence-corrected chi connectivity index (χ1v) is 10.1. The zero-order valence-electron chi connectivity index (χ0n) is 15.6. The minimum Gasteiger partial charge on any atom is -0.597 e. The fourth-order valence-electron chi connectivity index (χ4n) is 3.25. The maximum atomic E-state index is 14.0. The van der Waals surface area contributed by atoms with E-state index >= 15 is 0 Å². The van der Waals surface area contributed by atoms with E-state index in [1.807, 2.05) is 55.4 Å². The number of rotatable bonds is 5. The summed E-state index contributed by atoms with van der Waals surface area (Å²) in [5.41, 5.74) is 1.85. The number of benzene rings is 2. The standard InChI is InChI=1S/C21H26FNO2S/c1-21(2,3)26(24)23-13-7-10-19(23)18-14-17(22)11-12-20(18)25-15-16-8-5-4-6-9-16/h4-6,8-9,11-12,14,19H,7,10,13,15H2,1-3H3/t19?,26-/m0/s1. The van der Waals surface area contributed by atoms with Gasteiger partial charge in [0, 0.05) is 23.5 Å². The molecule has 5 heteroatoms. The first-order chi connectivity index (χ1) is 12.4. The van der Waals surface area contributed by atoms with Gasteiger partial charge in [-0.05, 0) is 57.4 Å². The van der Waals surface area contributed by atoms with Gasteiger partial charge in [-0.1, -0.05) is 30.3 Å². The second-order valence-corrected chi connectivity index (χ2v) is 9.81. The summed E-state index contributed by atoms with van der Waals surface area (Å²) in [4.78, 5) is 0. The highest BCUT2D eigenvalue weighted by atomic mass is 32.2. The molecule has 0 saturated carbocycles. The summed E-state index contributed by atoms with van der Waals surface area (Å²) >= 11 is -1.14. The van der Waals surface area contributed by atoms with E-state index in [0.717, 1.165) is 30.5 Å². The van der Waals surface area contributed by atoms with Gasteiger partial charge in [-0.2, -0.15) is 0 Å². The molecule has 1 heterocycles. The maximum Gasteiger partial charge on any atom is 0.137 e. The Kier molecular flexibility index (Phi) is 5.90. The summed E-state index contributed by atoms with van der Waals surface area (Å²) in [6, 6.07) is 14.4. The third-order valence-corrected chi connectivity index (χ3v) is 6.42. The predicted octanol–water partition coefficient (Wildman–Crippen LogP) is 5.00. The van der Waals surface area contributed by atoms with Gasteiger partial charge in [0.2, 0.25) is 0 Å². The summed E-state index contributed by atoms with van der Waals surface area (Å²) in [7, 11) is 0. The summed E-state index contributed by atoms with van der Waals surface area (Å²) in [5.74, 6) is 0.374. The highest BCUT2D eigenvalue weighted by Crippen LogP contribution is 2.41. The van der Waals surface area contributed by atoms with Crippen LogP contribution in [-0.4, -0.2) is 20.1 Å². The molecule has 0 N–H and O–H groups in total. The van der Waals surface area contributed by atoms with Crippen LogP contribution in [0.15, 0.2) is 48.5 Å². The smallest absolute Gasteiger partial charge is 0.137 e. The van der Waals surface area contributed by atoms with Gasteiger partial charge < -0.3 is 9.29 Å². The molecule has 140 valence electrons. The predicted molar refractivity (Wildman–Crippen MR) is 104 cm³/mol. The Labute approximate surface area is 158 Å². The Bertz CT molecular complexity index is 733. The van der Waals surface area contributed by atoms with Crippen molar-refractivity contribution in [2.24, 2.45) is 0 Å². The lowest BCUT2D eigenvalue weighted by Crippen LogP contribution is -2.42. The van der Waals surface area contributed by atoms with E-state index in [1.165, 1.54) is 12.1 Å². The van der Waals surface area contributed by atoms with Crippen molar-refractivity contribution in [2.45, 2.75) is 51.0 Å². The van der Waals surface area contributed by atoms with Crippen LogP contribution in [0, 0.1) is 5.82 Å². The van der Waals surface area contributed by atoms with Crippen LogP contribution >= 0.6 is 0 Å². The van der Waals surface area contributed by atoms with Gasteiger partial charge in [-0.15, -0.1) is 4.31 Å². The number of hydrogen-bond donors (Lipinski definition) is 0. The second-order valence-electron chi connectivity index (χ2n) is 7.62. The highest BCUT2D eigenvalue weighted by Gasteiger charge is 2.42. The molecule has 3 nitrogen and oxygen atoms in total. The Morgan fingerprint density at radius 1 is 1.19 bits per heavy atom. The van der Waals surface area contributed by atoms with Crippen molar-refractivity contribution < 1.29 is 13.7 Å². The first-order valence-electron chi connectivity index (χ1n) is 9.01. The zero-order valence-corrected chi connectivity index (χ0v) is 16.4. The van der Waals surface area contributed by atoms with Gasteiger partial charge in [0.05, 0.1) is 6.04 Å². The molecule has 26 heavy (non-hydrogen) atoms. The van der Waals surface area contributed by atoms with Crippen LogP contribution in [0.1, 0.15) is 50.8 Å². The van der Waals surface area contributed by atoms with E-state index in [-0.39, 0.29) is 16.6 Å². The minimum atomic E-state index is -1.14. The summed E-state index contributed by atoms with van der Waals surface area (Å²) in [6.45, 7) is 7.09. The van der Waals surface area contributed by atoms with Gasteiger partial charge in [-0.25, -0.2) is 4.39 Å². The lowest BCUT2D eigenvalue weighted by Gasteiger charge is -2.34. The molecule has 1 unspecified atom stereocenters. The van der Waals surface area contributed by atoms with Crippen molar-refractivity contribution in [2.75, 3.05) is 6.54 Å². The van der Waals surface area contributed by atoms with Crippen molar-refractivity contribution in [1.29, 1.82) is 0 Å².